The summed E-state index contributed by atoms with van der Waals surface area (Å²) in [5, 5.41) is 0. The van der Waals surface area contributed by atoms with E-state index in [1.54, 1.807) is 6.08 Å². The highest BCUT2D eigenvalue weighted by Crippen LogP contribution is 2.14. The fraction of sp³-hybridized carbons (Fsp3) is 0.333. The lowest BCUT2D eigenvalue weighted by Gasteiger charge is -2.16. The standard InChI is InChI=1S/C9H13N/c1-2-9(10)8-6-4-3-5-7-8/h2-6,8-9H,1,7,10H2. The van der Waals surface area contributed by atoms with Gasteiger partial charge in [0.15, 0.2) is 0 Å². The molecule has 1 heteroatoms. The molecule has 1 aliphatic rings. The molecule has 2 atom stereocenters. The maximum absolute atomic E-state index is 5.74. The molecule has 0 amide bonds. The van der Waals surface area contributed by atoms with Gasteiger partial charge in [-0.15, -0.1) is 6.58 Å². The SMILES string of the molecule is C=CC(N)C1C=CC=CC1. The molecule has 0 spiro atoms. The van der Waals surface area contributed by atoms with E-state index in [-0.39, 0.29) is 6.04 Å². The highest BCUT2D eigenvalue weighted by Gasteiger charge is 2.10. The molecule has 1 rings (SSSR count). The first-order chi connectivity index (χ1) is 4.84. The van der Waals surface area contributed by atoms with Gasteiger partial charge in [-0.2, -0.15) is 0 Å². The topological polar surface area (TPSA) is 26.0 Å². The van der Waals surface area contributed by atoms with Gasteiger partial charge < -0.3 is 5.73 Å². The third-order valence-corrected chi connectivity index (χ3v) is 1.78. The summed E-state index contributed by atoms with van der Waals surface area (Å²) in [6, 6.07) is 0.112. The van der Waals surface area contributed by atoms with Gasteiger partial charge in [0.1, 0.15) is 0 Å². The van der Waals surface area contributed by atoms with Gasteiger partial charge in [0.05, 0.1) is 0 Å². The van der Waals surface area contributed by atoms with Gasteiger partial charge in [-0.05, 0) is 12.3 Å². The van der Waals surface area contributed by atoms with Crippen molar-refractivity contribution in [3.05, 3.63) is 37.0 Å². The van der Waals surface area contributed by atoms with Gasteiger partial charge in [0.25, 0.3) is 0 Å². The van der Waals surface area contributed by atoms with Crippen LogP contribution in [0.3, 0.4) is 0 Å². The van der Waals surface area contributed by atoms with E-state index in [1.807, 2.05) is 12.2 Å². The molecule has 0 saturated carbocycles. The van der Waals surface area contributed by atoms with Crippen LogP contribution in [0, 0.1) is 5.92 Å². The maximum atomic E-state index is 5.74. The van der Waals surface area contributed by atoms with Crippen LogP contribution in [0.2, 0.25) is 0 Å². The lowest BCUT2D eigenvalue weighted by molar-refractivity contribution is 0.580. The second-order valence-corrected chi connectivity index (χ2v) is 2.53. The summed E-state index contributed by atoms with van der Waals surface area (Å²) in [6.07, 6.45) is 11.2. The molecule has 1 nitrogen and oxygen atoms in total. The summed E-state index contributed by atoms with van der Waals surface area (Å²) in [5.74, 6) is 0.461. The zero-order valence-corrected chi connectivity index (χ0v) is 6.03. The molecule has 1 aliphatic carbocycles. The fourth-order valence-electron chi connectivity index (χ4n) is 1.06. The first-order valence-electron chi connectivity index (χ1n) is 3.56. The Kier molecular flexibility index (Phi) is 2.46. The van der Waals surface area contributed by atoms with Crippen molar-refractivity contribution in [2.45, 2.75) is 12.5 Å². The van der Waals surface area contributed by atoms with Crippen molar-refractivity contribution in [1.82, 2.24) is 0 Å². The normalized spacial score (nSPS) is 26.3. The van der Waals surface area contributed by atoms with Crippen LogP contribution in [0.1, 0.15) is 6.42 Å². The molecule has 0 radical (unpaired) electrons. The van der Waals surface area contributed by atoms with Gasteiger partial charge >= 0.3 is 0 Å². The van der Waals surface area contributed by atoms with Crippen LogP contribution in [0.5, 0.6) is 0 Å². The first-order valence-corrected chi connectivity index (χ1v) is 3.56. The molecule has 0 bridgehead atoms. The zero-order valence-electron chi connectivity index (χ0n) is 6.03. The monoisotopic (exact) mass is 135 g/mol. The molecule has 0 aromatic rings. The van der Waals surface area contributed by atoms with Crippen molar-refractivity contribution in [3.8, 4) is 0 Å². The molecular formula is C9H13N. The summed E-state index contributed by atoms with van der Waals surface area (Å²) in [6.45, 7) is 3.65. The molecule has 54 valence electrons. The second-order valence-electron chi connectivity index (χ2n) is 2.53. The van der Waals surface area contributed by atoms with Crippen LogP contribution in [-0.2, 0) is 0 Å². The molecule has 10 heavy (non-hydrogen) atoms. The lowest BCUT2D eigenvalue weighted by atomic mass is 9.93. The minimum absolute atomic E-state index is 0.112. The molecule has 2 unspecified atom stereocenters. The quantitative estimate of drug-likeness (QED) is 0.572. The minimum atomic E-state index is 0.112. The molecular weight excluding hydrogens is 122 g/mol. The van der Waals surface area contributed by atoms with E-state index in [2.05, 4.69) is 18.7 Å². The first kappa shape index (κ1) is 7.29. The Morgan fingerprint density at radius 1 is 1.60 bits per heavy atom. The predicted octanol–water partition coefficient (Wildman–Crippen LogP) is 1.63. The van der Waals surface area contributed by atoms with E-state index < -0.39 is 0 Å². The smallest absolute Gasteiger partial charge is 0.0288 e. The number of allylic oxidation sites excluding steroid dienone is 3. The van der Waals surface area contributed by atoms with Crippen molar-refractivity contribution in [3.63, 3.8) is 0 Å². The van der Waals surface area contributed by atoms with Gasteiger partial charge in [0, 0.05) is 6.04 Å². The minimum Gasteiger partial charge on any atom is -0.324 e. The van der Waals surface area contributed by atoms with Crippen LogP contribution in [0.15, 0.2) is 37.0 Å². The maximum Gasteiger partial charge on any atom is 0.0288 e. The lowest BCUT2D eigenvalue weighted by Crippen LogP contribution is -2.26. The van der Waals surface area contributed by atoms with Gasteiger partial charge in [0.2, 0.25) is 0 Å². The molecule has 0 fully saturated rings. The highest BCUT2D eigenvalue weighted by molar-refractivity contribution is 5.14. The Bertz CT molecular complexity index is 168. The average Bonchev–Trinajstić information content (AvgIpc) is 2.05. The average molecular weight is 135 g/mol. The van der Waals surface area contributed by atoms with Crippen LogP contribution in [-0.4, -0.2) is 6.04 Å². The number of rotatable bonds is 2. The summed E-state index contributed by atoms with van der Waals surface area (Å²) in [7, 11) is 0. The fourth-order valence-corrected chi connectivity index (χ4v) is 1.06. The molecule has 0 aromatic carbocycles. The molecule has 0 aliphatic heterocycles. The largest absolute Gasteiger partial charge is 0.324 e. The van der Waals surface area contributed by atoms with Gasteiger partial charge in [-0.1, -0.05) is 30.4 Å². The van der Waals surface area contributed by atoms with Gasteiger partial charge in [-0.25, -0.2) is 0 Å². The number of nitrogens with two attached hydrogens (primary N) is 1. The summed E-state index contributed by atoms with van der Waals surface area (Å²) in [4.78, 5) is 0. The third-order valence-electron chi connectivity index (χ3n) is 1.78. The van der Waals surface area contributed by atoms with E-state index in [1.165, 1.54) is 0 Å². The van der Waals surface area contributed by atoms with Crippen molar-refractivity contribution in [2.24, 2.45) is 11.7 Å². The summed E-state index contributed by atoms with van der Waals surface area (Å²) < 4.78 is 0. The molecule has 0 aromatic heterocycles. The summed E-state index contributed by atoms with van der Waals surface area (Å²) >= 11 is 0. The van der Waals surface area contributed by atoms with Crippen LogP contribution in [0.4, 0.5) is 0 Å². The second kappa shape index (κ2) is 3.37. The summed E-state index contributed by atoms with van der Waals surface area (Å²) in [5.41, 5.74) is 5.74. The molecule has 2 N–H and O–H groups in total. The van der Waals surface area contributed by atoms with E-state index in [9.17, 15) is 0 Å². The molecule has 0 saturated heterocycles. The Morgan fingerprint density at radius 3 is 2.90 bits per heavy atom. The highest BCUT2D eigenvalue weighted by atomic mass is 14.6. The Balaban J connectivity index is 2.50. The number of hydrogen-bond donors (Lipinski definition) is 1. The van der Waals surface area contributed by atoms with Crippen molar-refractivity contribution < 1.29 is 0 Å². The number of hydrogen-bond acceptors (Lipinski definition) is 1. The Labute approximate surface area is 61.9 Å². The van der Waals surface area contributed by atoms with Crippen molar-refractivity contribution in [2.75, 3.05) is 0 Å². The Hall–Kier alpha value is -0.820. The van der Waals surface area contributed by atoms with Gasteiger partial charge in [-0.3, -0.25) is 0 Å². The van der Waals surface area contributed by atoms with E-state index in [0.717, 1.165) is 6.42 Å². The Morgan fingerprint density at radius 2 is 2.40 bits per heavy atom. The van der Waals surface area contributed by atoms with E-state index >= 15 is 0 Å². The zero-order chi connectivity index (χ0) is 7.40. The van der Waals surface area contributed by atoms with Crippen LogP contribution in [0.25, 0.3) is 0 Å². The van der Waals surface area contributed by atoms with E-state index in [4.69, 9.17) is 5.73 Å². The van der Waals surface area contributed by atoms with Crippen LogP contribution < -0.4 is 5.73 Å². The third kappa shape index (κ3) is 1.58. The van der Waals surface area contributed by atoms with E-state index in [0.29, 0.717) is 5.92 Å². The predicted molar refractivity (Wildman–Crippen MR) is 44.6 cm³/mol. The van der Waals surface area contributed by atoms with Crippen LogP contribution >= 0.6 is 0 Å². The van der Waals surface area contributed by atoms with Crippen molar-refractivity contribution >= 4 is 0 Å². The van der Waals surface area contributed by atoms with Crippen molar-refractivity contribution in [1.29, 1.82) is 0 Å². The molecule has 0 heterocycles.